The molecular weight excluding hydrogens is 282 g/mol. The molecular formula is C12H21N3O2S2. The Hall–Kier alpha value is -0.470. The summed E-state index contributed by atoms with van der Waals surface area (Å²) in [5, 5.41) is 0. The van der Waals surface area contributed by atoms with Gasteiger partial charge >= 0.3 is 0 Å². The van der Waals surface area contributed by atoms with Gasteiger partial charge in [-0.25, -0.2) is 8.42 Å². The highest BCUT2D eigenvalue weighted by Crippen LogP contribution is 2.27. The van der Waals surface area contributed by atoms with Crippen LogP contribution in [0.5, 0.6) is 0 Å². The van der Waals surface area contributed by atoms with Crippen LogP contribution >= 0.6 is 11.3 Å². The summed E-state index contributed by atoms with van der Waals surface area (Å²) in [5.74, 6) is 0. The van der Waals surface area contributed by atoms with Gasteiger partial charge in [0.1, 0.15) is 4.21 Å². The first-order valence-corrected chi connectivity index (χ1v) is 8.62. The maximum atomic E-state index is 12.6. The summed E-state index contributed by atoms with van der Waals surface area (Å²) < 4.78 is 27.2. The standard InChI is InChI=1S/C12H21N3O2S2/c1-9-7-15(8-10(2)14(9)3)19(16,17)12-5-4-11(6-13)18-12/h4-5,9-10H,6-8,13H2,1-3H3. The van der Waals surface area contributed by atoms with Gasteiger partial charge in [0.25, 0.3) is 10.0 Å². The Balaban J connectivity index is 2.25. The van der Waals surface area contributed by atoms with E-state index in [9.17, 15) is 8.42 Å². The molecule has 1 aromatic heterocycles. The summed E-state index contributed by atoms with van der Waals surface area (Å²) in [6, 6.07) is 3.91. The van der Waals surface area contributed by atoms with Crippen LogP contribution in [0.4, 0.5) is 0 Å². The monoisotopic (exact) mass is 303 g/mol. The number of sulfonamides is 1. The lowest BCUT2D eigenvalue weighted by atomic mass is 10.1. The minimum Gasteiger partial charge on any atom is -0.326 e. The average Bonchev–Trinajstić information content (AvgIpc) is 2.84. The van der Waals surface area contributed by atoms with Crippen LogP contribution in [0.1, 0.15) is 18.7 Å². The van der Waals surface area contributed by atoms with E-state index in [1.807, 2.05) is 7.05 Å². The SMILES string of the molecule is CC1CN(S(=O)(=O)c2ccc(CN)s2)CC(C)N1C. The Morgan fingerprint density at radius 1 is 1.32 bits per heavy atom. The van der Waals surface area contributed by atoms with Crippen LogP contribution in [0.2, 0.25) is 0 Å². The molecule has 1 aliphatic rings. The molecule has 0 aliphatic carbocycles. The molecule has 2 heterocycles. The first-order chi connectivity index (χ1) is 8.86. The Morgan fingerprint density at radius 3 is 2.37 bits per heavy atom. The fourth-order valence-corrected chi connectivity index (χ4v) is 5.28. The summed E-state index contributed by atoms with van der Waals surface area (Å²) in [5.41, 5.74) is 5.54. The molecule has 108 valence electrons. The number of hydrogen-bond donors (Lipinski definition) is 1. The maximum absolute atomic E-state index is 12.6. The molecule has 0 spiro atoms. The molecule has 0 saturated carbocycles. The predicted molar refractivity (Wildman–Crippen MR) is 77.7 cm³/mol. The second-order valence-corrected chi connectivity index (χ2v) is 8.44. The molecule has 7 heteroatoms. The van der Waals surface area contributed by atoms with E-state index in [1.165, 1.54) is 11.3 Å². The van der Waals surface area contributed by atoms with Gasteiger partial charge in [0.15, 0.2) is 0 Å². The number of piperazine rings is 1. The largest absolute Gasteiger partial charge is 0.326 e. The summed E-state index contributed by atoms with van der Waals surface area (Å²) >= 11 is 1.27. The fraction of sp³-hybridized carbons (Fsp3) is 0.667. The molecule has 2 atom stereocenters. The lowest BCUT2D eigenvalue weighted by Crippen LogP contribution is -2.56. The number of thiophene rings is 1. The van der Waals surface area contributed by atoms with Crippen molar-refractivity contribution >= 4 is 21.4 Å². The molecule has 1 fully saturated rings. The van der Waals surface area contributed by atoms with Crippen molar-refractivity contribution in [1.29, 1.82) is 0 Å². The number of rotatable bonds is 3. The summed E-state index contributed by atoms with van der Waals surface area (Å²) in [6.45, 7) is 5.57. The second-order valence-electron chi connectivity index (χ2n) is 5.11. The van der Waals surface area contributed by atoms with Gasteiger partial charge in [-0.2, -0.15) is 4.31 Å². The van der Waals surface area contributed by atoms with Gasteiger partial charge in [-0.1, -0.05) is 0 Å². The van der Waals surface area contributed by atoms with E-state index in [1.54, 1.807) is 16.4 Å². The minimum atomic E-state index is -3.37. The van der Waals surface area contributed by atoms with Gasteiger partial charge in [0.2, 0.25) is 0 Å². The topological polar surface area (TPSA) is 66.6 Å². The quantitative estimate of drug-likeness (QED) is 0.902. The molecule has 1 aromatic rings. The van der Waals surface area contributed by atoms with Crippen molar-refractivity contribution in [3.05, 3.63) is 17.0 Å². The average molecular weight is 303 g/mol. The molecule has 0 radical (unpaired) electrons. The molecule has 0 amide bonds. The number of nitrogens with zero attached hydrogens (tertiary/aromatic N) is 2. The molecule has 1 saturated heterocycles. The van der Waals surface area contributed by atoms with Crippen molar-refractivity contribution in [3.8, 4) is 0 Å². The second kappa shape index (κ2) is 5.49. The van der Waals surface area contributed by atoms with Gasteiger partial charge in [-0.15, -0.1) is 11.3 Å². The van der Waals surface area contributed by atoms with Crippen LogP contribution in [0.25, 0.3) is 0 Å². The van der Waals surface area contributed by atoms with Gasteiger partial charge in [0, 0.05) is 36.6 Å². The van der Waals surface area contributed by atoms with Gasteiger partial charge in [0.05, 0.1) is 0 Å². The zero-order valence-corrected chi connectivity index (χ0v) is 13.2. The molecule has 2 unspecified atom stereocenters. The van der Waals surface area contributed by atoms with Crippen LogP contribution in [-0.2, 0) is 16.6 Å². The van der Waals surface area contributed by atoms with Gasteiger partial charge < -0.3 is 5.73 Å². The molecule has 5 nitrogen and oxygen atoms in total. The number of likely N-dealkylation sites (N-methyl/N-ethyl adjacent to an activating group) is 1. The third kappa shape index (κ3) is 2.85. The summed E-state index contributed by atoms with van der Waals surface area (Å²) in [4.78, 5) is 3.11. The Kier molecular flexibility index (Phi) is 4.32. The lowest BCUT2D eigenvalue weighted by Gasteiger charge is -2.41. The van der Waals surface area contributed by atoms with Gasteiger partial charge in [-0.3, -0.25) is 4.90 Å². The van der Waals surface area contributed by atoms with Crippen molar-refractivity contribution in [1.82, 2.24) is 9.21 Å². The van der Waals surface area contributed by atoms with Crippen LogP contribution in [0.15, 0.2) is 16.3 Å². The Morgan fingerprint density at radius 2 is 1.89 bits per heavy atom. The molecule has 0 aromatic carbocycles. The van der Waals surface area contributed by atoms with Crippen LogP contribution in [0, 0.1) is 0 Å². The smallest absolute Gasteiger partial charge is 0.252 e. The van der Waals surface area contributed by atoms with Crippen LogP contribution in [0.3, 0.4) is 0 Å². The van der Waals surface area contributed by atoms with Crippen LogP contribution < -0.4 is 5.73 Å². The first kappa shape index (κ1) is 14.9. The lowest BCUT2D eigenvalue weighted by molar-refractivity contribution is 0.105. The molecule has 1 aliphatic heterocycles. The number of hydrogen-bond acceptors (Lipinski definition) is 5. The van der Waals surface area contributed by atoms with Crippen molar-refractivity contribution < 1.29 is 8.42 Å². The highest BCUT2D eigenvalue weighted by atomic mass is 32.2. The normalized spacial score (nSPS) is 26.7. The Labute approximate surface area is 119 Å². The Bertz CT molecular complexity index is 529. The van der Waals surface area contributed by atoms with Crippen molar-refractivity contribution in [2.45, 2.75) is 36.7 Å². The van der Waals surface area contributed by atoms with E-state index >= 15 is 0 Å². The minimum absolute atomic E-state index is 0.229. The summed E-state index contributed by atoms with van der Waals surface area (Å²) in [6.07, 6.45) is 0. The van der Waals surface area contributed by atoms with E-state index in [4.69, 9.17) is 5.73 Å². The third-order valence-electron chi connectivity index (χ3n) is 3.76. The molecule has 2 rings (SSSR count). The maximum Gasteiger partial charge on any atom is 0.252 e. The zero-order valence-electron chi connectivity index (χ0n) is 11.5. The number of nitrogens with two attached hydrogens (primary N) is 1. The van der Waals surface area contributed by atoms with Gasteiger partial charge in [-0.05, 0) is 33.0 Å². The fourth-order valence-electron chi connectivity index (χ4n) is 2.29. The highest BCUT2D eigenvalue weighted by Gasteiger charge is 2.35. The van der Waals surface area contributed by atoms with E-state index < -0.39 is 10.0 Å². The molecule has 0 bridgehead atoms. The van der Waals surface area contributed by atoms with E-state index in [0.29, 0.717) is 23.8 Å². The van der Waals surface area contributed by atoms with E-state index in [2.05, 4.69) is 18.7 Å². The first-order valence-electron chi connectivity index (χ1n) is 6.37. The predicted octanol–water partition coefficient (Wildman–Crippen LogP) is 0.920. The third-order valence-corrected chi connectivity index (χ3v) is 7.17. The molecule has 2 N–H and O–H groups in total. The van der Waals surface area contributed by atoms with E-state index in [-0.39, 0.29) is 12.1 Å². The zero-order chi connectivity index (χ0) is 14.2. The molecule has 19 heavy (non-hydrogen) atoms. The van der Waals surface area contributed by atoms with Crippen LogP contribution in [-0.4, -0.2) is 49.8 Å². The van der Waals surface area contributed by atoms with E-state index in [0.717, 1.165) is 4.88 Å². The highest BCUT2D eigenvalue weighted by molar-refractivity contribution is 7.91. The van der Waals surface area contributed by atoms with Crippen molar-refractivity contribution in [3.63, 3.8) is 0 Å². The van der Waals surface area contributed by atoms with Crippen molar-refractivity contribution in [2.24, 2.45) is 5.73 Å². The van der Waals surface area contributed by atoms with Crippen molar-refractivity contribution in [2.75, 3.05) is 20.1 Å². The summed E-state index contributed by atoms with van der Waals surface area (Å²) in [7, 11) is -1.33.